The van der Waals surface area contributed by atoms with Gasteiger partial charge in [-0.15, -0.1) is 23.5 Å². The smallest absolute Gasteiger partial charge is 0.237 e. The van der Waals surface area contributed by atoms with Crippen LogP contribution in [0.15, 0.2) is 67.9 Å². The van der Waals surface area contributed by atoms with Gasteiger partial charge in [0.25, 0.3) is 0 Å². The Morgan fingerprint density at radius 1 is 0.574 bits per heavy atom. The second-order valence-corrected chi connectivity index (χ2v) is 19.6. The van der Waals surface area contributed by atoms with E-state index in [-0.39, 0.29) is 34.8 Å². The third kappa shape index (κ3) is 12.2. The number of ether oxygens (including phenoxy) is 6. The van der Waals surface area contributed by atoms with Gasteiger partial charge < -0.3 is 50.5 Å². The average Bonchev–Trinajstić information content (AvgIpc) is 3.75. The number of carbonyl (C=O) groups excluding carboxylic acids is 2. The Kier molecular flexibility index (Phi) is 20.5. The number of benzene rings is 2. The van der Waals surface area contributed by atoms with E-state index in [1.807, 2.05) is 61.4 Å². The highest BCUT2D eigenvalue weighted by molar-refractivity contribution is 7.99. The van der Waals surface area contributed by atoms with Crippen molar-refractivity contribution in [2.75, 3.05) is 79.2 Å². The first-order valence-corrected chi connectivity index (χ1v) is 27.2. The van der Waals surface area contributed by atoms with E-state index >= 15 is 0 Å². The minimum absolute atomic E-state index is 0.0948. The fourth-order valence-corrected chi connectivity index (χ4v) is 10.5. The molecule has 0 saturated carbocycles. The highest BCUT2D eigenvalue weighted by Crippen LogP contribution is 2.52. The van der Waals surface area contributed by atoms with Crippen LogP contribution in [-0.2, 0) is 22.4 Å². The summed E-state index contributed by atoms with van der Waals surface area (Å²) >= 11 is 6.08. The van der Waals surface area contributed by atoms with Crippen molar-refractivity contribution >= 4 is 58.9 Å². The van der Waals surface area contributed by atoms with Gasteiger partial charge in [-0.05, 0) is 145 Å². The molecule has 0 spiro atoms. The summed E-state index contributed by atoms with van der Waals surface area (Å²) in [6.45, 7) is 0. The van der Waals surface area contributed by atoms with Gasteiger partial charge >= 0.3 is 0 Å². The lowest BCUT2D eigenvalue weighted by molar-refractivity contribution is -0.124. The largest absolute Gasteiger partial charge is 0.493 e. The van der Waals surface area contributed by atoms with Gasteiger partial charge in [-0.1, -0.05) is 12.1 Å². The van der Waals surface area contributed by atoms with Crippen molar-refractivity contribution in [1.29, 1.82) is 0 Å². The Labute approximate surface area is 416 Å². The lowest BCUT2D eigenvalue weighted by Gasteiger charge is -2.21. The quantitative estimate of drug-likeness (QED) is 0.0724. The molecule has 0 heterocycles. The SMILES string of the molecule is COc1cc2c(c(OC)c1OC)-c1ccc(SC)c(=O)cc1[C@@H](NC(=O)[C@@H](N)CCSC)CC2.COc1cc2c(c(OC)c1OC)-c1ccc(SC)c(=O)cc1[C@@H](NC(=O)[C@H](N)CCSC)CC2. The molecule has 18 heteroatoms. The summed E-state index contributed by atoms with van der Waals surface area (Å²) in [6.07, 6.45) is 11.3. The van der Waals surface area contributed by atoms with Crippen molar-refractivity contribution in [1.82, 2.24) is 10.6 Å². The minimum Gasteiger partial charge on any atom is -0.493 e. The molecule has 0 fully saturated rings. The number of carbonyl (C=O) groups is 2. The molecular formula is C50H64N4O10S4. The number of thioether (sulfide) groups is 4. The minimum atomic E-state index is -0.609. The van der Waals surface area contributed by atoms with Crippen LogP contribution >= 0.6 is 47.0 Å². The van der Waals surface area contributed by atoms with E-state index in [0.717, 1.165) is 56.0 Å². The maximum Gasteiger partial charge on any atom is 0.237 e. The second kappa shape index (κ2) is 25.8. The number of aryl methyl sites for hydroxylation is 2. The molecule has 0 saturated heterocycles. The average molecular weight is 1010 g/mol. The van der Waals surface area contributed by atoms with Gasteiger partial charge in [0.15, 0.2) is 33.9 Å². The number of rotatable bonds is 18. The summed E-state index contributed by atoms with van der Waals surface area (Å²) in [5.74, 6) is 4.32. The Hall–Kier alpha value is -4.72. The standard InChI is InChI=1S/2C25H32N2O5S2/c2*1-30-20-12-14-6-8-18(27-25(29)17(26)10-11-33-4)16-13-19(28)21(34-5)9-7-15(16)22(14)24(32-3)23(20)31-2/h2*7,9,12-13,17-18H,6,8,10-11,26H2,1-5H3,(H,27,29)/t17-,18+;17-,18-/m10/s1. The van der Waals surface area contributed by atoms with Gasteiger partial charge in [-0.25, -0.2) is 0 Å². The predicted molar refractivity (Wildman–Crippen MR) is 280 cm³/mol. The van der Waals surface area contributed by atoms with E-state index in [9.17, 15) is 19.2 Å². The fraction of sp³-hybridized carbons (Fsp3) is 0.440. The molecular weight excluding hydrogens is 945 g/mol. The van der Waals surface area contributed by atoms with E-state index in [4.69, 9.17) is 39.9 Å². The second-order valence-electron chi connectivity index (χ2n) is 15.9. The van der Waals surface area contributed by atoms with Crippen LogP contribution < -0.4 is 61.4 Å². The molecule has 14 nitrogen and oxygen atoms in total. The summed E-state index contributed by atoms with van der Waals surface area (Å²) in [7, 11) is 9.47. The molecule has 0 bridgehead atoms. The van der Waals surface area contributed by atoms with Gasteiger partial charge in [-0.3, -0.25) is 19.2 Å². The van der Waals surface area contributed by atoms with Crippen molar-refractivity contribution < 1.29 is 38.0 Å². The molecule has 0 unspecified atom stereocenters. The third-order valence-corrected chi connectivity index (χ3v) is 14.9. The molecule has 6 N–H and O–H groups in total. The lowest BCUT2D eigenvalue weighted by atomic mass is 9.95. The molecule has 4 aromatic carbocycles. The normalized spacial score (nSPS) is 15.4. The third-order valence-electron chi connectivity index (χ3n) is 12.0. The Bertz CT molecular complexity index is 2390. The van der Waals surface area contributed by atoms with Gasteiger partial charge in [0, 0.05) is 11.1 Å². The topological polar surface area (TPSA) is 200 Å². The molecule has 68 heavy (non-hydrogen) atoms. The summed E-state index contributed by atoms with van der Waals surface area (Å²) in [5, 5.41) is 6.22. The predicted octanol–water partition coefficient (Wildman–Crippen LogP) is 7.29. The highest BCUT2D eigenvalue weighted by atomic mass is 32.2. The number of fused-ring (bicyclic) bond motifs is 6. The van der Waals surface area contributed by atoms with Gasteiger partial charge in [-0.2, -0.15) is 23.5 Å². The van der Waals surface area contributed by atoms with Crippen LogP contribution in [0, 0.1) is 0 Å². The summed E-state index contributed by atoms with van der Waals surface area (Å²) < 4.78 is 34.0. The van der Waals surface area contributed by atoms with Crippen LogP contribution in [0.3, 0.4) is 0 Å². The summed E-state index contributed by atoms with van der Waals surface area (Å²) in [4.78, 5) is 53.1. The van der Waals surface area contributed by atoms with E-state index in [1.54, 1.807) is 78.3 Å². The maximum absolute atomic E-state index is 13.0. The van der Waals surface area contributed by atoms with Crippen LogP contribution in [0.1, 0.15) is 60.0 Å². The van der Waals surface area contributed by atoms with Crippen LogP contribution in [0.5, 0.6) is 34.5 Å². The maximum atomic E-state index is 13.0. The Balaban J connectivity index is 0.000000254. The van der Waals surface area contributed by atoms with Crippen molar-refractivity contribution in [2.24, 2.45) is 11.5 Å². The van der Waals surface area contributed by atoms with Crippen molar-refractivity contribution in [3.8, 4) is 56.8 Å². The summed E-state index contributed by atoms with van der Waals surface area (Å²) in [6, 6.07) is 12.6. The molecule has 2 amide bonds. The Morgan fingerprint density at radius 2 is 0.941 bits per heavy atom. The van der Waals surface area contributed by atoms with Gasteiger partial charge in [0.05, 0.1) is 76.6 Å². The molecule has 368 valence electrons. The number of hydrogen-bond donors (Lipinski definition) is 4. The number of hydrogen-bond acceptors (Lipinski definition) is 16. The zero-order valence-corrected chi connectivity index (χ0v) is 43.7. The number of amides is 2. The highest BCUT2D eigenvalue weighted by Gasteiger charge is 2.32. The van der Waals surface area contributed by atoms with Crippen LogP contribution in [0.2, 0.25) is 0 Å². The van der Waals surface area contributed by atoms with E-state index in [1.165, 1.54) is 23.5 Å². The number of methoxy groups -OCH3 is 6. The van der Waals surface area contributed by atoms with Crippen LogP contribution in [-0.4, -0.2) is 103 Å². The van der Waals surface area contributed by atoms with Crippen molar-refractivity contribution in [2.45, 2.75) is 72.5 Å². The molecule has 4 atom stereocenters. The van der Waals surface area contributed by atoms with E-state index in [0.29, 0.717) is 82.8 Å². The van der Waals surface area contributed by atoms with E-state index in [2.05, 4.69) is 10.6 Å². The van der Waals surface area contributed by atoms with E-state index < -0.39 is 12.1 Å². The molecule has 4 aromatic rings. The number of nitrogens with two attached hydrogens (primary N) is 2. The van der Waals surface area contributed by atoms with Crippen molar-refractivity contribution in [3.63, 3.8) is 0 Å². The lowest BCUT2D eigenvalue weighted by Crippen LogP contribution is -2.42. The summed E-state index contributed by atoms with van der Waals surface area (Å²) in [5.41, 5.74) is 18.8. The van der Waals surface area contributed by atoms with Crippen LogP contribution in [0.25, 0.3) is 22.3 Å². The first-order valence-electron chi connectivity index (χ1n) is 22.0. The molecule has 0 radical (unpaired) electrons. The van der Waals surface area contributed by atoms with Gasteiger partial charge in [0.2, 0.25) is 23.3 Å². The molecule has 2 aliphatic rings. The van der Waals surface area contributed by atoms with Crippen LogP contribution in [0.4, 0.5) is 0 Å². The molecule has 0 aromatic heterocycles. The number of nitrogens with one attached hydrogen (secondary N) is 2. The monoisotopic (exact) mass is 1010 g/mol. The van der Waals surface area contributed by atoms with Crippen molar-refractivity contribution in [3.05, 3.63) is 91.2 Å². The molecule has 6 rings (SSSR count). The first kappa shape index (κ1) is 54.2. The fourth-order valence-electron chi connectivity index (χ4n) is 8.54. The zero-order chi connectivity index (χ0) is 49.7. The molecule has 0 aliphatic heterocycles. The van der Waals surface area contributed by atoms with Gasteiger partial charge in [0.1, 0.15) is 0 Å². The zero-order valence-electron chi connectivity index (χ0n) is 40.5. The molecule has 2 aliphatic carbocycles. The Morgan fingerprint density at radius 3 is 1.25 bits per heavy atom. The first-order chi connectivity index (χ1) is 32.8.